The molecule has 3 rings (SSSR count). The Kier molecular flexibility index (Phi) is 6.49. The number of piperidine rings is 1. The van der Waals surface area contributed by atoms with Crippen molar-refractivity contribution in [2.45, 2.75) is 38.3 Å². The van der Waals surface area contributed by atoms with Crippen molar-refractivity contribution in [1.29, 1.82) is 0 Å². The fourth-order valence-corrected chi connectivity index (χ4v) is 3.87. The third-order valence-corrected chi connectivity index (χ3v) is 5.44. The van der Waals surface area contributed by atoms with Gasteiger partial charge in [0.05, 0.1) is 0 Å². The lowest BCUT2D eigenvalue weighted by Gasteiger charge is -2.35. The Morgan fingerprint density at radius 1 is 1.33 bits per heavy atom. The summed E-state index contributed by atoms with van der Waals surface area (Å²) in [6, 6.07) is 8.22. The van der Waals surface area contributed by atoms with Gasteiger partial charge in [-0.25, -0.2) is 0 Å². The van der Waals surface area contributed by atoms with E-state index in [1.54, 1.807) is 0 Å². The highest BCUT2D eigenvalue weighted by Gasteiger charge is 2.29. The summed E-state index contributed by atoms with van der Waals surface area (Å²) in [6.45, 7) is 4.60. The molecule has 2 unspecified atom stereocenters. The number of rotatable bonds is 6. The molecular weight excluding hydrogens is 324 g/mol. The zero-order chi connectivity index (χ0) is 16.8. The van der Waals surface area contributed by atoms with E-state index in [1.165, 1.54) is 19.3 Å². The third-order valence-electron chi connectivity index (χ3n) is 5.07. The van der Waals surface area contributed by atoms with E-state index in [-0.39, 0.29) is 5.91 Å². The number of amides is 1. The van der Waals surface area contributed by atoms with Crippen LogP contribution in [0.4, 0.5) is 0 Å². The highest BCUT2D eigenvalue weighted by Crippen LogP contribution is 2.22. The van der Waals surface area contributed by atoms with Crippen LogP contribution in [-0.2, 0) is 11.3 Å². The average molecular weight is 351 g/mol. The second-order valence-electron chi connectivity index (χ2n) is 6.79. The zero-order valence-corrected chi connectivity index (χ0v) is 14.8. The molecule has 0 aromatic heterocycles. The predicted octanol–water partition coefficient (Wildman–Crippen LogP) is 1.92. The van der Waals surface area contributed by atoms with Gasteiger partial charge in [-0.2, -0.15) is 0 Å². The molecule has 5 nitrogen and oxygen atoms in total. The van der Waals surface area contributed by atoms with Crippen molar-refractivity contribution in [3.8, 4) is 0 Å². The van der Waals surface area contributed by atoms with Crippen molar-refractivity contribution in [3.05, 3.63) is 34.9 Å². The van der Waals surface area contributed by atoms with Crippen LogP contribution in [0.15, 0.2) is 24.3 Å². The highest BCUT2D eigenvalue weighted by molar-refractivity contribution is 6.31. The van der Waals surface area contributed by atoms with Gasteiger partial charge >= 0.3 is 0 Å². The largest absolute Gasteiger partial charge is 0.352 e. The minimum Gasteiger partial charge on any atom is -0.352 e. The van der Waals surface area contributed by atoms with Crippen molar-refractivity contribution in [2.75, 3.05) is 26.2 Å². The molecule has 2 aliphatic heterocycles. The molecule has 1 aromatic carbocycles. The Balaban J connectivity index is 1.38. The molecule has 3 N–H and O–H groups in total. The molecule has 132 valence electrons. The minimum atomic E-state index is 0.0951. The first kappa shape index (κ1) is 17.7. The van der Waals surface area contributed by atoms with Gasteiger partial charge in [0.2, 0.25) is 5.91 Å². The number of hydrazine groups is 1. The van der Waals surface area contributed by atoms with E-state index >= 15 is 0 Å². The highest BCUT2D eigenvalue weighted by atomic mass is 35.5. The maximum Gasteiger partial charge on any atom is 0.221 e. The van der Waals surface area contributed by atoms with Crippen LogP contribution in [0.3, 0.4) is 0 Å². The first-order valence-corrected chi connectivity index (χ1v) is 9.31. The summed E-state index contributed by atoms with van der Waals surface area (Å²) < 4.78 is 0. The number of benzene rings is 1. The molecule has 6 heteroatoms. The summed E-state index contributed by atoms with van der Waals surface area (Å²) in [6.07, 6.45) is 4.27. The van der Waals surface area contributed by atoms with Gasteiger partial charge in [-0.05, 0) is 43.4 Å². The molecule has 2 atom stereocenters. The van der Waals surface area contributed by atoms with Gasteiger partial charge in [0.1, 0.15) is 0 Å². The monoisotopic (exact) mass is 350 g/mol. The number of hydrogen-bond donors (Lipinski definition) is 3. The zero-order valence-electron chi connectivity index (χ0n) is 14.1. The molecule has 0 saturated carbocycles. The molecule has 2 aliphatic rings. The summed E-state index contributed by atoms with van der Waals surface area (Å²) in [4.78, 5) is 14.5. The Labute approximate surface area is 149 Å². The Bertz CT molecular complexity index is 548. The van der Waals surface area contributed by atoms with Crippen LogP contribution in [0.5, 0.6) is 0 Å². The molecule has 0 bridgehead atoms. The molecule has 0 radical (unpaired) electrons. The molecule has 0 aliphatic carbocycles. The molecule has 0 spiro atoms. The minimum absolute atomic E-state index is 0.0951. The number of carbonyl (C=O) groups is 1. The lowest BCUT2D eigenvalue weighted by atomic mass is 9.90. The van der Waals surface area contributed by atoms with Gasteiger partial charge in [0.15, 0.2) is 0 Å². The lowest BCUT2D eigenvalue weighted by molar-refractivity contribution is -0.121. The lowest BCUT2D eigenvalue weighted by Crippen LogP contribution is -2.45. The standard InChI is InChI=1S/C18H27ClN4O/c19-16-6-2-1-4-14(16)12-20-18(24)8-11-23-10-3-5-15(13-23)17-7-9-21-22-17/h1-2,4,6,15,17,21-22H,3,5,7-13H2,(H,20,24). The number of halogens is 1. The number of carbonyl (C=O) groups excluding carboxylic acids is 1. The van der Waals surface area contributed by atoms with Crippen molar-refractivity contribution < 1.29 is 4.79 Å². The first-order valence-electron chi connectivity index (χ1n) is 8.93. The van der Waals surface area contributed by atoms with Gasteiger partial charge in [-0.1, -0.05) is 29.8 Å². The van der Waals surface area contributed by atoms with E-state index in [1.807, 2.05) is 24.3 Å². The average Bonchev–Trinajstić information content (AvgIpc) is 3.14. The normalized spacial score (nSPS) is 24.9. The summed E-state index contributed by atoms with van der Waals surface area (Å²) >= 11 is 6.11. The van der Waals surface area contributed by atoms with E-state index in [9.17, 15) is 4.79 Å². The second-order valence-corrected chi connectivity index (χ2v) is 7.19. The maximum absolute atomic E-state index is 12.1. The van der Waals surface area contributed by atoms with E-state index < -0.39 is 0 Å². The number of likely N-dealkylation sites (tertiary alicyclic amines) is 1. The fourth-order valence-electron chi connectivity index (χ4n) is 3.66. The summed E-state index contributed by atoms with van der Waals surface area (Å²) in [7, 11) is 0. The van der Waals surface area contributed by atoms with E-state index in [4.69, 9.17) is 11.6 Å². The molecular formula is C18H27ClN4O. The fraction of sp³-hybridized carbons (Fsp3) is 0.611. The topological polar surface area (TPSA) is 56.4 Å². The van der Waals surface area contributed by atoms with Crippen molar-refractivity contribution >= 4 is 17.5 Å². The summed E-state index contributed by atoms with van der Waals surface area (Å²) in [5, 5.41) is 3.68. The molecule has 1 aromatic rings. The van der Waals surface area contributed by atoms with Gasteiger partial charge < -0.3 is 10.2 Å². The van der Waals surface area contributed by atoms with Crippen molar-refractivity contribution in [3.63, 3.8) is 0 Å². The quantitative estimate of drug-likeness (QED) is 0.733. The SMILES string of the molecule is O=C(CCN1CCCC(C2CCNN2)C1)NCc1ccccc1Cl. The molecule has 2 saturated heterocycles. The van der Waals surface area contributed by atoms with Crippen molar-refractivity contribution in [2.24, 2.45) is 5.92 Å². The predicted molar refractivity (Wildman–Crippen MR) is 96.6 cm³/mol. The van der Waals surface area contributed by atoms with Crippen LogP contribution in [0, 0.1) is 5.92 Å². The summed E-state index contributed by atoms with van der Waals surface area (Å²) in [5.74, 6) is 0.789. The number of nitrogens with one attached hydrogen (secondary N) is 3. The van der Waals surface area contributed by atoms with E-state index in [0.717, 1.165) is 31.7 Å². The van der Waals surface area contributed by atoms with Crippen LogP contribution in [0.1, 0.15) is 31.2 Å². The third kappa shape index (κ3) is 4.93. The van der Waals surface area contributed by atoms with Crippen LogP contribution in [0.2, 0.25) is 5.02 Å². The summed E-state index contributed by atoms with van der Waals surface area (Å²) in [5.41, 5.74) is 7.58. The van der Waals surface area contributed by atoms with Gasteiger partial charge in [0.25, 0.3) is 0 Å². The molecule has 24 heavy (non-hydrogen) atoms. The Morgan fingerprint density at radius 3 is 3.00 bits per heavy atom. The molecule has 2 heterocycles. The smallest absolute Gasteiger partial charge is 0.221 e. The second kappa shape index (κ2) is 8.81. The maximum atomic E-state index is 12.1. The van der Waals surface area contributed by atoms with Crippen LogP contribution >= 0.6 is 11.6 Å². The number of nitrogens with zero attached hydrogens (tertiary/aromatic N) is 1. The van der Waals surface area contributed by atoms with Crippen molar-refractivity contribution in [1.82, 2.24) is 21.1 Å². The molecule has 1 amide bonds. The first-order chi connectivity index (χ1) is 11.7. The van der Waals surface area contributed by atoms with Gasteiger partial charge in [0, 0.05) is 43.7 Å². The van der Waals surface area contributed by atoms with Crippen LogP contribution < -0.4 is 16.2 Å². The van der Waals surface area contributed by atoms with Crippen LogP contribution in [0.25, 0.3) is 0 Å². The molecule has 2 fully saturated rings. The van der Waals surface area contributed by atoms with E-state index in [2.05, 4.69) is 21.1 Å². The van der Waals surface area contributed by atoms with Crippen LogP contribution in [-0.4, -0.2) is 43.0 Å². The van der Waals surface area contributed by atoms with Gasteiger partial charge in [-0.15, -0.1) is 0 Å². The Morgan fingerprint density at radius 2 is 2.21 bits per heavy atom. The van der Waals surface area contributed by atoms with E-state index in [0.29, 0.717) is 29.9 Å². The Hall–Kier alpha value is -1.14. The number of hydrogen-bond acceptors (Lipinski definition) is 4. The van der Waals surface area contributed by atoms with Gasteiger partial charge in [-0.3, -0.25) is 15.6 Å².